The van der Waals surface area contributed by atoms with Crippen LogP contribution in [-0.4, -0.2) is 25.2 Å². The highest BCUT2D eigenvalue weighted by Gasteiger charge is 2.22. The third kappa shape index (κ3) is 2.30. The van der Waals surface area contributed by atoms with Gasteiger partial charge >= 0.3 is 5.97 Å². The molecule has 0 fully saturated rings. The largest absolute Gasteiger partial charge is 0.463 e. The van der Waals surface area contributed by atoms with Gasteiger partial charge in [-0.05, 0) is 23.9 Å². The first-order chi connectivity index (χ1) is 8.67. The Morgan fingerprint density at radius 1 is 1.50 bits per heavy atom. The van der Waals surface area contributed by atoms with Crippen LogP contribution in [-0.2, 0) is 16.1 Å². The second-order valence-corrected chi connectivity index (χ2v) is 4.57. The highest BCUT2D eigenvalue weighted by Crippen LogP contribution is 2.30. The fourth-order valence-electron chi connectivity index (χ4n) is 1.53. The Bertz CT molecular complexity index is 558. The normalized spacial score (nSPS) is 10.6. The number of aromatic nitrogens is 1. The lowest BCUT2D eigenvalue weighted by Crippen LogP contribution is -2.04. The maximum Gasteiger partial charge on any atom is 0.376 e. The zero-order valence-electron chi connectivity index (χ0n) is 10.4. The van der Waals surface area contributed by atoms with Gasteiger partial charge in [-0.15, -0.1) is 11.3 Å². The van der Waals surface area contributed by atoms with E-state index in [4.69, 9.17) is 9.15 Å². The molecule has 0 aromatic carbocycles. The number of aryl methyl sites for hydroxylation is 1. The van der Waals surface area contributed by atoms with Gasteiger partial charge in [0.1, 0.15) is 5.69 Å². The van der Waals surface area contributed by atoms with Crippen LogP contribution in [0.4, 0.5) is 0 Å². The summed E-state index contributed by atoms with van der Waals surface area (Å²) in [7, 11) is 2.84. The summed E-state index contributed by atoms with van der Waals surface area (Å²) in [6.45, 7) is 2.17. The van der Waals surface area contributed by atoms with Crippen molar-refractivity contribution in [2.24, 2.45) is 0 Å². The lowest BCUT2D eigenvalue weighted by molar-refractivity contribution is 0.0559. The van der Waals surface area contributed by atoms with E-state index in [2.05, 4.69) is 9.72 Å². The number of hydrogen-bond acceptors (Lipinski definition) is 6. The molecule has 0 radical (unpaired) electrons. The zero-order chi connectivity index (χ0) is 13.1. The number of thiophene rings is 1. The van der Waals surface area contributed by atoms with Crippen LogP contribution >= 0.6 is 11.3 Å². The highest BCUT2D eigenvalue weighted by molar-refractivity contribution is 7.13. The first kappa shape index (κ1) is 12.8. The molecule has 0 saturated carbocycles. The monoisotopic (exact) mass is 267 g/mol. The van der Waals surface area contributed by atoms with Crippen LogP contribution in [0.15, 0.2) is 15.9 Å². The van der Waals surface area contributed by atoms with E-state index in [9.17, 15) is 4.79 Å². The lowest BCUT2D eigenvalue weighted by atomic mass is 10.3. The molecular formula is C12H13NO4S. The molecule has 0 amide bonds. The molecule has 0 atom stereocenters. The lowest BCUT2D eigenvalue weighted by Gasteiger charge is -1.96. The maximum atomic E-state index is 11.6. The van der Waals surface area contributed by atoms with E-state index >= 15 is 0 Å². The number of ether oxygens (including phenoxy) is 2. The minimum Gasteiger partial charge on any atom is -0.463 e. The molecule has 5 nitrogen and oxygen atoms in total. The van der Waals surface area contributed by atoms with Crippen molar-refractivity contribution in [3.63, 3.8) is 0 Å². The second kappa shape index (κ2) is 5.32. The first-order valence-corrected chi connectivity index (χ1v) is 6.16. The van der Waals surface area contributed by atoms with E-state index < -0.39 is 5.97 Å². The molecule has 0 aliphatic rings. The van der Waals surface area contributed by atoms with Gasteiger partial charge in [-0.1, -0.05) is 0 Å². The molecule has 96 valence electrons. The van der Waals surface area contributed by atoms with Crippen molar-refractivity contribution in [3.8, 4) is 10.8 Å². The van der Waals surface area contributed by atoms with Crippen molar-refractivity contribution < 1.29 is 18.7 Å². The first-order valence-electron chi connectivity index (χ1n) is 5.28. The molecule has 0 spiro atoms. The molecule has 2 aromatic heterocycles. The standard InChI is InChI=1S/C12H13NO4S/c1-7-4-5-18-10(7)11-13-8(6-15-2)9(17-11)12(14)16-3/h4-5H,6H2,1-3H3. The van der Waals surface area contributed by atoms with Crippen LogP contribution in [0, 0.1) is 6.92 Å². The number of oxazole rings is 1. The molecule has 18 heavy (non-hydrogen) atoms. The maximum absolute atomic E-state index is 11.6. The number of nitrogens with zero attached hydrogens (tertiary/aromatic N) is 1. The van der Waals surface area contributed by atoms with Crippen LogP contribution in [0.25, 0.3) is 10.8 Å². The Labute approximate surface area is 108 Å². The summed E-state index contributed by atoms with van der Waals surface area (Å²) in [4.78, 5) is 16.8. The number of carbonyl (C=O) groups excluding carboxylic acids is 1. The fraction of sp³-hybridized carbons (Fsp3) is 0.333. The topological polar surface area (TPSA) is 61.6 Å². The molecule has 6 heteroatoms. The van der Waals surface area contributed by atoms with Gasteiger partial charge in [-0.3, -0.25) is 0 Å². The minimum absolute atomic E-state index is 0.0992. The third-order valence-electron chi connectivity index (χ3n) is 2.41. The number of hydrogen-bond donors (Lipinski definition) is 0. The molecule has 0 saturated heterocycles. The van der Waals surface area contributed by atoms with Crippen molar-refractivity contribution in [1.82, 2.24) is 4.98 Å². The van der Waals surface area contributed by atoms with Gasteiger partial charge in [0.2, 0.25) is 11.7 Å². The van der Waals surface area contributed by atoms with E-state index in [0.717, 1.165) is 10.4 Å². The predicted molar refractivity (Wildman–Crippen MR) is 66.6 cm³/mol. The molecule has 2 rings (SSSR count). The number of rotatable bonds is 4. The predicted octanol–water partition coefficient (Wildman–Crippen LogP) is 2.64. The van der Waals surface area contributed by atoms with E-state index in [1.165, 1.54) is 25.6 Å². The highest BCUT2D eigenvalue weighted by atomic mass is 32.1. The Morgan fingerprint density at radius 2 is 2.28 bits per heavy atom. The van der Waals surface area contributed by atoms with Gasteiger partial charge in [0.05, 0.1) is 18.6 Å². The Morgan fingerprint density at radius 3 is 2.83 bits per heavy atom. The molecule has 0 bridgehead atoms. The van der Waals surface area contributed by atoms with E-state index in [1.807, 2.05) is 18.4 Å². The van der Waals surface area contributed by atoms with Crippen LogP contribution < -0.4 is 0 Å². The third-order valence-corrected chi connectivity index (χ3v) is 3.41. The second-order valence-electron chi connectivity index (χ2n) is 3.65. The molecular weight excluding hydrogens is 254 g/mol. The van der Waals surface area contributed by atoms with E-state index in [0.29, 0.717) is 11.6 Å². The van der Waals surface area contributed by atoms with E-state index in [-0.39, 0.29) is 12.4 Å². The van der Waals surface area contributed by atoms with Gasteiger partial charge in [-0.2, -0.15) is 0 Å². The molecule has 0 aliphatic carbocycles. The van der Waals surface area contributed by atoms with Crippen molar-refractivity contribution in [2.45, 2.75) is 13.5 Å². The molecule has 0 N–H and O–H groups in total. The van der Waals surface area contributed by atoms with Gasteiger partial charge in [0, 0.05) is 7.11 Å². The summed E-state index contributed by atoms with van der Waals surface area (Å²) < 4.78 is 15.1. The van der Waals surface area contributed by atoms with Crippen molar-refractivity contribution in [3.05, 3.63) is 28.5 Å². The van der Waals surface area contributed by atoms with Gasteiger partial charge in [0.15, 0.2) is 0 Å². The van der Waals surface area contributed by atoms with Crippen molar-refractivity contribution in [1.29, 1.82) is 0 Å². The Kier molecular flexibility index (Phi) is 3.78. The van der Waals surface area contributed by atoms with Crippen LogP contribution in [0.3, 0.4) is 0 Å². The smallest absolute Gasteiger partial charge is 0.376 e. The van der Waals surface area contributed by atoms with Crippen molar-refractivity contribution in [2.75, 3.05) is 14.2 Å². The van der Waals surface area contributed by atoms with Crippen LogP contribution in [0.5, 0.6) is 0 Å². The van der Waals surface area contributed by atoms with Gasteiger partial charge in [-0.25, -0.2) is 9.78 Å². The van der Waals surface area contributed by atoms with Crippen molar-refractivity contribution >= 4 is 17.3 Å². The minimum atomic E-state index is -0.546. The van der Waals surface area contributed by atoms with Gasteiger partial charge in [0.25, 0.3) is 0 Å². The summed E-state index contributed by atoms with van der Waals surface area (Å²) in [5.74, 6) is -0.0212. The molecule has 0 unspecified atom stereocenters. The van der Waals surface area contributed by atoms with E-state index in [1.54, 1.807) is 0 Å². The molecule has 2 heterocycles. The summed E-state index contributed by atoms with van der Waals surface area (Å²) in [5.41, 5.74) is 1.51. The summed E-state index contributed by atoms with van der Waals surface area (Å²) in [6.07, 6.45) is 0. The molecule has 0 aliphatic heterocycles. The number of carbonyl (C=O) groups is 1. The quantitative estimate of drug-likeness (QED) is 0.797. The SMILES string of the molecule is COCc1nc(-c2sccc2C)oc1C(=O)OC. The number of methoxy groups -OCH3 is 2. The average molecular weight is 267 g/mol. The fourth-order valence-corrected chi connectivity index (χ4v) is 2.38. The van der Waals surface area contributed by atoms with Gasteiger partial charge < -0.3 is 13.9 Å². The van der Waals surface area contributed by atoms with Crippen LogP contribution in [0.1, 0.15) is 21.8 Å². The average Bonchev–Trinajstić information content (AvgIpc) is 2.95. The van der Waals surface area contributed by atoms with Crippen LogP contribution in [0.2, 0.25) is 0 Å². The summed E-state index contributed by atoms with van der Waals surface area (Å²) >= 11 is 1.51. The summed E-state index contributed by atoms with van der Waals surface area (Å²) in [5, 5.41) is 1.95. The molecule has 2 aromatic rings. The summed E-state index contributed by atoms with van der Waals surface area (Å²) in [6, 6.07) is 1.97. The Hall–Kier alpha value is -1.66. The zero-order valence-corrected chi connectivity index (χ0v) is 11.2. The Balaban J connectivity index is 2.45. The number of esters is 1.